The van der Waals surface area contributed by atoms with E-state index in [1.165, 1.54) is 25.7 Å². The van der Waals surface area contributed by atoms with Crippen LogP contribution in [0, 0.1) is 11.8 Å². The molecule has 0 saturated carbocycles. The summed E-state index contributed by atoms with van der Waals surface area (Å²) in [7, 11) is 0. The fourth-order valence-corrected chi connectivity index (χ4v) is 1.31. The van der Waals surface area contributed by atoms with Gasteiger partial charge in [0.15, 0.2) is 0 Å². The Kier molecular flexibility index (Phi) is 6.84. The summed E-state index contributed by atoms with van der Waals surface area (Å²) < 4.78 is 0. The Morgan fingerprint density at radius 1 is 1.17 bits per heavy atom. The van der Waals surface area contributed by atoms with Gasteiger partial charge in [0.25, 0.3) is 0 Å². The van der Waals surface area contributed by atoms with Crippen molar-refractivity contribution in [2.24, 2.45) is 11.8 Å². The Bertz CT molecular complexity index is 124. The van der Waals surface area contributed by atoms with Crippen LogP contribution in [0.2, 0.25) is 0 Å². The molecule has 70 valence electrons. The maximum atomic E-state index is 3.83. The molecule has 0 aromatic heterocycles. The summed E-state index contributed by atoms with van der Waals surface area (Å²) in [4.78, 5) is 0. The van der Waals surface area contributed by atoms with Crippen LogP contribution >= 0.6 is 0 Å². The lowest BCUT2D eigenvalue weighted by molar-refractivity contribution is 0.498. The van der Waals surface area contributed by atoms with Gasteiger partial charge in [0.05, 0.1) is 0 Å². The molecule has 0 aromatic carbocycles. The van der Waals surface area contributed by atoms with E-state index in [0.717, 1.165) is 5.92 Å². The van der Waals surface area contributed by atoms with Crippen molar-refractivity contribution in [3.05, 3.63) is 25.3 Å². The lowest BCUT2D eigenvalue weighted by atomic mass is 9.96. The van der Waals surface area contributed by atoms with Gasteiger partial charge in [-0.15, -0.1) is 13.2 Å². The summed E-state index contributed by atoms with van der Waals surface area (Å²) in [5.41, 5.74) is 0. The van der Waals surface area contributed by atoms with Crippen molar-refractivity contribution < 1.29 is 0 Å². The molecule has 0 heterocycles. The van der Waals surface area contributed by atoms with Crippen LogP contribution in [0.25, 0.3) is 0 Å². The van der Waals surface area contributed by atoms with Gasteiger partial charge in [0.1, 0.15) is 0 Å². The molecule has 0 amide bonds. The highest BCUT2D eigenvalue weighted by atomic mass is 14.1. The lowest BCUT2D eigenvalue weighted by Gasteiger charge is -2.10. The highest BCUT2D eigenvalue weighted by Gasteiger charge is 2.01. The van der Waals surface area contributed by atoms with Gasteiger partial charge in [0.2, 0.25) is 0 Å². The normalized spacial score (nSPS) is 15.2. The fraction of sp³-hybridized carbons (Fsp3) is 0.667. The van der Waals surface area contributed by atoms with Crippen LogP contribution in [0.15, 0.2) is 25.3 Å². The molecule has 2 atom stereocenters. The molecule has 0 bridgehead atoms. The van der Waals surface area contributed by atoms with E-state index in [0.29, 0.717) is 5.92 Å². The molecule has 0 radical (unpaired) electrons. The Balaban J connectivity index is 3.40. The van der Waals surface area contributed by atoms with Crippen LogP contribution in [-0.4, -0.2) is 0 Å². The second-order valence-electron chi connectivity index (χ2n) is 3.55. The third kappa shape index (κ3) is 5.17. The molecule has 0 N–H and O–H groups in total. The van der Waals surface area contributed by atoms with Crippen molar-refractivity contribution in [3.8, 4) is 0 Å². The van der Waals surface area contributed by atoms with Gasteiger partial charge >= 0.3 is 0 Å². The first-order valence-corrected chi connectivity index (χ1v) is 4.99. The van der Waals surface area contributed by atoms with Crippen LogP contribution < -0.4 is 0 Å². The van der Waals surface area contributed by atoms with E-state index < -0.39 is 0 Å². The number of rotatable bonds is 7. The van der Waals surface area contributed by atoms with E-state index in [2.05, 4.69) is 33.1 Å². The fourth-order valence-electron chi connectivity index (χ4n) is 1.31. The quantitative estimate of drug-likeness (QED) is 0.497. The maximum Gasteiger partial charge on any atom is -0.0239 e. The average molecular weight is 166 g/mol. The van der Waals surface area contributed by atoms with Gasteiger partial charge in [0, 0.05) is 0 Å². The molecule has 0 fully saturated rings. The van der Waals surface area contributed by atoms with Gasteiger partial charge in [-0.25, -0.2) is 0 Å². The maximum absolute atomic E-state index is 3.83. The van der Waals surface area contributed by atoms with E-state index >= 15 is 0 Å². The van der Waals surface area contributed by atoms with Crippen LogP contribution in [0.1, 0.15) is 39.5 Å². The minimum absolute atomic E-state index is 0.673. The van der Waals surface area contributed by atoms with Gasteiger partial charge in [-0.05, 0) is 31.1 Å². The third-order valence-corrected chi connectivity index (χ3v) is 2.49. The van der Waals surface area contributed by atoms with E-state index in [-0.39, 0.29) is 0 Å². The summed E-state index contributed by atoms with van der Waals surface area (Å²) in [6.07, 6.45) is 9.21. The monoisotopic (exact) mass is 166 g/mol. The molecule has 0 heteroatoms. The molecular weight excluding hydrogens is 144 g/mol. The molecule has 0 aliphatic rings. The Morgan fingerprint density at radius 3 is 2.25 bits per heavy atom. The minimum atomic E-state index is 0.673. The number of hydrogen-bond donors (Lipinski definition) is 0. The molecular formula is C12H22. The Morgan fingerprint density at radius 2 is 1.83 bits per heavy atom. The summed E-state index contributed by atoms with van der Waals surface area (Å²) in [5, 5.41) is 0. The zero-order chi connectivity index (χ0) is 9.40. The second-order valence-corrected chi connectivity index (χ2v) is 3.55. The van der Waals surface area contributed by atoms with Crippen molar-refractivity contribution in [3.63, 3.8) is 0 Å². The van der Waals surface area contributed by atoms with Gasteiger partial charge < -0.3 is 0 Å². The van der Waals surface area contributed by atoms with Crippen LogP contribution in [0.5, 0.6) is 0 Å². The number of hydrogen-bond acceptors (Lipinski definition) is 0. The van der Waals surface area contributed by atoms with Crippen molar-refractivity contribution in [2.45, 2.75) is 39.5 Å². The molecule has 2 unspecified atom stereocenters. The molecule has 0 saturated heterocycles. The molecule has 0 spiro atoms. The first-order chi connectivity index (χ1) is 5.74. The van der Waals surface area contributed by atoms with E-state index in [1.54, 1.807) is 0 Å². The SMILES string of the molecule is C=CC(C)CCCC(C=C)CC. The predicted octanol–water partition coefficient (Wildman–Crippen LogP) is 4.19. The highest BCUT2D eigenvalue weighted by Crippen LogP contribution is 2.16. The van der Waals surface area contributed by atoms with Crippen LogP contribution in [-0.2, 0) is 0 Å². The first-order valence-electron chi connectivity index (χ1n) is 4.99. The van der Waals surface area contributed by atoms with Gasteiger partial charge in [-0.2, -0.15) is 0 Å². The predicted molar refractivity (Wildman–Crippen MR) is 57.2 cm³/mol. The zero-order valence-electron chi connectivity index (χ0n) is 8.55. The molecule has 0 aliphatic heterocycles. The van der Waals surface area contributed by atoms with Gasteiger partial charge in [-0.1, -0.05) is 32.4 Å². The van der Waals surface area contributed by atoms with Crippen molar-refractivity contribution >= 4 is 0 Å². The number of allylic oxidation sites excluding steroid dienone is 2. The lowest BCUT2D eigenvalue weighted by Crippen LogP contribution is -1.96. The molecule has 0 aliphatic carbocycles. The highest BCUT2D eigenvalue weighted by molar-refractivity contribution is 4.79. The standard InChI is InChI=1S/C12H22/c1-5-11(4)9-8-10-12(6-2)7-3/h5-6,11-12H,1-2,7-10H2,3-4H3. The molecule has 0 nitrogen and oxygen atoms in total. The van der Waals surface area contributed by atoms with E-state index in [1.807, 2.05) is 6.08 Å². The molecule has 0 rings (SSSR count). The third-order valence-electron chi connectivity index (χ3n) is 2.49. The second kappa shape index (κ2) is 7.15. The van der Waals surface area contributed by atoms with Crippen LogP contribution in [0.4, 0.5) is 0 Å². The summed E-state index contributed by atoms with van der Waals surface area (Å²) >= 11 is 0. The topological polar surface area (TPSA) is 0 Å². The summed E-state index contributed by atoms with van der Waals surface area (Å²) in [6.45, 7) is 12.1. The Hall–Kier alpha value is -0.520. The molecule has 12 heavy (non-hydrogen) atoms. The Labute approximate surface area is 77.4 Å². The van der Waals surface area contributed by atoms with Crippen molar-refractivity contribution in [1.29, 1.82) is 0 Å². The van der Waals surface area contributed by atoms with E-state index in [4.69, 9.17) is 0 Å². The smallest absolute Gasteiger partial charge is 0.0239 e. The van der Waals surface area contributed by atoms with Gasteiger partial charge in [-0.3, -0.25) is 0 Å². The zero-order valence-corrected chi connectivity index (χ0v) is 8.55. The van der Waals surface area contributed by atoms with Crippen LogP contribution in [0.3, 0.4) is 0 Å². The summed E-state index contributed by atoms with van der Waals surface area (Å²) in [5.74, 6) is 1.40. The average Bonchev–Trinajstić information content (AvgIpc) is 2.12. The van der Waals surface area contributed by atoms with Crippen molar-refractivity contribution in [2.75, 3.05) is 0 Å². The summed E-state index contributed by atoms with van der Waals surface area (Å²) in [6, 6.07) is 0. The van der Waals surface area contributed by atoms with Crippen molar-refractivity contribution in [1.82, 2.24) is 0 Å². The van der Waals surface area contributed by atoms with E-state index in [9.17, 15) is 0 Å². The first kappa shape index (κ1) is 11.5. The largest absolute Gasteiger partial charge is 0.103 e. The minimum Gasteiger partial charge on any atom is -0.103 e. The molecule has 0 aromatic rings.